The Balaban J connectivity index is 1.73. The van der Waals surface area contributed by atoms with Gasteiger partial charge in [0.15, 0.2) is 23.1 Å². The fourth-order valence-corrected chi connectivity index (χ4v) is 4.05. The van der Waals surface area contributed by atoms with Crippen LogP contribution in [0.15, 0.2) is 41.3 Å². The van der Waals surface area contributed by atoms with E-state index in [2.05, 4.69) is 5.32 Å². The first-order chi connectivity index (χ1) is 13.3. The van der Waals surface area contributed by atoms with Gasteiger partial charge in [0.05, 0.1) is 11.4 Å². The highest BCUT2D eigenvalue weighted by Crippen LogP contribution is 2.32. The van der Waals surface area contributed by atoms with Crippen LogP contribution in [0.25, 0.3) is 0 Å². The number of carbonyl (C=O) groups is 1. The molecule has 0 saturated carbocycles. The fourth-order valence-electron chi connectivity index (χ4n) is 2.63. The van der Waals surface area contributed by atoms with E-state index in [1.165, 1.54) is 6.92 Å². The summed E-state index contributed by atoms with van der Waals surface area (Å²) in [6.07, 6.45) is 0. The highest BCUT2D eigenvalue weighted by atomic mass is 32.2. The lowest BCUT2D eigenvalue weighted by atomic mass is 10.2. The summed E-state index contributed by atoms with van der Waals surface area (Å²) in [5, 5.41) is 2.59. The third-order valence-corrected chi connectivity index (χ3v) is 5.94. The molecular weight excluding hydrogens is 394 g/mol. The van der Waals surface area contributed by atoms with Gasteiger partial charge in [0.1, 0.15) is 13.2 Å². The van der Waals surface area contributed by atoms with E-state index in [0.717, 1.165) is 16.4 Å². The second-order valence-corrected chi connectivity index (χ2v) is 7.85. The number of halogens is 2. The van der Waals surface area contributed by atoms with Crippen LogP contribution in [0.5, 0.6) is 11.5 Å². The number of benzene rings is 2. The number of amides is 1. The first-order valence-electron chi connectivity index (χ1n) is 8.46. The summed E-state index contributed by atoms with van der Waals surface area (Å²) < 4.78 is 63.4. The van der Waals surface area contributed by atoms with Gasteiger partial charge in [-0.2, -0.15) is 4.31 Å². The van der Waals surface area contributed by atoms with Gasteiger partial charge in [-0.3, -0.25) is 4.79 Å². The van der Waals surface area contributed by atoms with Gasteiger partial charge in [0.25, 0.3) is 0 Å². The minimum Gasteiger partial charge on any atom is -0.486 e. The largest absolute Gasteiger partial charge is 0.486 e. The number of likely N-dealkylation sites (N-methyl/N-ethyl adjacent to an activating group) is 1. The molecule has 1 N–H and O–H groups in total. The van der Waals surface area contributed by atoms with Crippen LogP contribution in [0.4, 0.5) is 14.5 Å². The number of sulfonamides is 1. The first-order valence-corrected chi connectivity index (χ1v) is 9.90. The molecule has 0 bridgehead atoms. The predicted octanol–water partition coefficient (Wildman–Crippen LogP) is 2.39. The highest BCUT2D eigenvalue weighted by Gasteiger charge is 2.26. The smallest absolute Gasteiger partial charge is 0.243 e. The van der Waals surface area contributed by atoms with E-state index in [-0.39, 0.29) is 6.54 Å². The van der Waals surface area contributed by atoms with Gasteiger partial charge in [-0.25, -0.2) is 17.2 Å². The maximum atomic E-state index is 13.4. The Morgan fingerprint density at radius 3 is 2.46 bits per heavy atom. The second-order valence-electron chi connectivity index (χ2n) is 5.91. The molecule has 0 spiro atoms. The molecule has 1 aliphatic rings. The zero-order valence-corrected chi connectivity index (χ0v) is 15.8. The van der Waals surface area contributed by atoms with Crippen LogP contribution in [0.3, 0.4) is 0 Å². The summed E-state index contributed by atoms with van der Waals surface area (Å²) in [6.45, 7) is 1.84. The number of nitrogens with zero attached hydrogens (tertiary/aromatic N) is 1. The lowest BCUT2D eigenvalue weighted by Gasteiger charge is -2.21. The molecule has 0 aromatic heterocycles. The molecule has 0 saturated heterocycles. The van der Waals surface area contributed by atoms with Crippen LogP contribution in [0.2, 0.25) is 0 Å². The van der Waals surface area contributed by atoms with Crippen LogP contribution in [-0.4, -0.2) is 44.9 Å². The van der Waals surface area contributed by atoms with Gasteiger partial charge in [0.2, 0.25) is 15.9 Å². The molecule has 7 nitrogen and oxygen atoms in total. The standard InChI is InChI=1S/C18H18F2N2O5S/c1-2-22(28(24,25)13-4-5-14(19)15(20)10-13)11-18(23)21-12-3-6-16-17(9-12)27-8-7-26-16/h3-6,9-10H,2,7-8,11H2,1H3,(H,21,23). The number of nitrogens with one attached hydrogen (secondary N) is 1. The second kappa shape index (κ2) is 8.11. The van der Waals surface area contributed by atoms with Crippen molar-refractivity contribution in [3.05, 3.63) is 48.0 Å². The third-order valence-electron chi connectivity index (χ3n) is 4.03. The molecule has 0 radical (unpaired) electrons. The molecule has 2 aromatic carbocycles. The summed E-state index contributed by atoms with van der Waals surface area (Å²) in [4.78, 5) is 11.9. The number of hydrogen-bond donors (Lipinski definition) is 1. The Kier molecular flexibility index (Phi) is 5.80. The highest BCUT2D eigenvalue weighted by molar-refractivity contribution is 7.89. The number of anilines is 1. The summed E-state index contributed by atoms with van der Waals surface area (Å²) in [6, 6.07) is 7.09. The predicted molar refractivity (Wildman–Crippen MR) is 96.9 cm³/mol. The van der Waals surface area contributed by atoms with E-state index in [1.807, 2.05) is 0 Å². The van der Waals surface area contributed by atoms with Crippen molar-refractivity contribution in [1.82, 2.24) is 4.31 Å². The molecule has 28 heavy (non-hydrogen) atoms. The van der Waals surface area contributed by atoms with Crippen LogP contribution in [0, 0.1) is 11.6 Å². The average molecular weight is 412 g/mol. The summed E-state index contributed by atoms with van der Waals surface area (Å²) >= 11 is 0. The maximum Gasteiger partial charge on any atom is 0.243 e. The molecule has 3 rings (SSSR count). The van der Waals surface area contributed by atoms with E-state index in [0.29, 0.717) is 36.5 Å². The van der Waals surface area contributed by atoms with E-state index in [9.17, 15) is 22.0 Å². The van der Waals surface area contributed by atoms with E-state index < -0.39 is 39.0 Å². The lowest BCUT2D eigenvalue weighted by molar-refractivity contribution is -0.116. The van der Waals surface area contributed by atoms with E-state index >= 15 is 0 Å². The topological polar surface area (TPSA) is 84.9 Å². The zero-order chi connectivity index (χ0) is 20.3. The Hall–Kier alpha value is -2.72. The molecule has 0 aliphatic carbocycles. The first kappa shape index (κ1) is 20.0. The quantitative estimate of drug-likeness (QED) is 0.788. The van der Waals surface area contributed by atoms with Crippen molar-refractivity contribution in [1.29, 1.82) is 0 Å². The summed E-state index contributed by atoms with van der Waals surface area (Å²) in [5.74, 6) is -1.99. The van der Waals surface area contributed by atoms with Crippen molar-refractivity contribution in [2.75, 3.05) is 31.6 Å². The van der Waals surface area contributed by atoms with Crippen molar-refractivity contribution in [2.24, 2.45) is 0 Å². The van der Waals surface area contributed by atoms with E-state index in [1.54, 1.807) is 18.2 Å². The SMILES string of the molecule is CCN(CC(=O)Nc1ccc2c(c1)OCCO2)S(=O)(=O)c1ccc(F)c(F)c1. The third kappa shape index (κ3) is 4.23. The van der Waals surface area contributed by atoms with Gasteiger partial charge >= 0.3 is 0 Å². The molecule has 2 aromatic rings. The molecule has 0 atom stereocenters. The van der Waals surface area contributed by atoms with Crippen LogP contribution in [0.1, 0.15) is 6.92 Å². The van der Waals surface area contributed by atoms with Crippen molar-refractivity contribution in [3.8, 4) is 11.5 Å². The molecule has 0 unspecified atom stereocenters. The Morgan fingerprint density at radius 2 is 1.79 bits per heavy atom. The Morgan fingerprint density at radius 1 is 1.07 bits per heavy atom. The number of fused-ring (bicyclic) bond motifs is 1. The fraction of sp³-hybridized carbons (Fsp3) is 0.278. The number of hydrogen-bond acceptors (Lipinski definition) is 5. The molecule has 10 heteroatoms. The van der Waals surface area contributed by atoms with Crippen molar-refractivity contribution < 1.29 is 31.5 Å². The van der Waals surface area contributed by atoms with E-state index in [4.69, 9.17) is 9.47 Å². The van der Waals surface area contributed by atoms with Crippen LogP contribution < -0.4 is 14.8 Å². The number of rotatable bonds is 6. The maximum absolute atomic E-state index is 13.4. The summed E-state index contributed by atoms with van der Waals surface area (Å²) in [5.41, 5.74) is 0.413. The lowest BCUT2D eigenvalue weighted by Crippen LogP contribution is -2.37. The number of ether oxygens (including phenoxy) is 2. The molecular formula is C18H18F2N2O5S. The molecule has 1 amide bonds. The molecule has 150 valence electrons. The average Bonchev–Trinajstić information content (AvgIpc) is 2.67. The van der Waals surface area contributed by atoms with Crippen LogP contribution >= 0.6 is 0 Å². The minimum absolute atomic E-state index is 0.0319. The Bertz CT molecular complexity index is 997. The molecule has 0 fully saturated rings. The van der Waals surface area contributed by atoms with Gasteiger partial charge in [-0.15, -0.1) is 0 Å². The van der Waals surface area contributed by atoms with Crippen molar-refractivity contribution >= 4 is 21.6 Å². The van der Waals surface area contributed by atoms with Gasteiger partial charge in [-0.05, 0) is 30.3 Å². The zero-order valence-electron chi connectivity index (χ0n) is 14.9. The monoisotopic (exact) mass is 412 g/mol. The number of carbonyl (C=O) groups excluding carboxylic acids is 1. The van der Waals surface area contributed by atoms with Crippen LogP contribution in [-0.2, 0) is 14.8 Å². The van der Waals surface area contributed by atoms with Gasteiger partial charge in [0, 0.05) is 18.3 Å². The van der Waals surface area contributed by atoms with Gasteiger partial charge in [-0.1, -0.05) is 6.92 Å². The summed E-state index contributed by atoms with van der Waals surface area (Å²) in [7, 11) is -4.17. The normalized spacial score (nSPS) is 13.4. The Labute approximate surface area is 160 Å². The van der Waals surface area contributed by atoms with Crippen molar-refractivity contribution in [2.45, 2.75) is 11.8 Å². The minimum atomic E-state index is -4.17. The molecule has 1 heterocycles. The molecule has 1 aliphatic heterocycles. The van der Waals surface area contributed by atoms with Crippen molar-refractivity contribution in [3.63, 3.8) is 0 Å². The van der Waals surface area contributed by atoms with Gasteiger partial charge < -0.3 is 14.8 Å².